The summed E-state index contributed by atoms with van der Waals surface area (Å²) in [4.78, 5) is 22.2. The van der Waals surface area contributed by atoms with Gasteiger partial charge in [0.05, 0.1) is 0 Å². The van der Waals surface area contributed by atoms with Gasteiger partial charge in [0.25, 0.3) is 0 Å². The number of hydrogen-bond donors (Lipinski definition) is 2. The zero-order chi connectivity index (χ0) is 11.4. The Morgan fingerprint density at radius 2 is 1.93 bits per heavy atom. The molecule has 0 saturated heterocycles. The summed E-state index contributed by atoms with van der Waals surface area (Å²) < 4.78 is 0. The van der Waals surface area contributed by atoms with Crippen molar-refractivity contribution in [3.8, 4) is 0 Å². The molecule has 3 unspecified atom stereocenters. The van der Waals surface area contributed by atoms with Gasteiger partial charge in [0.15, 0.2) is 0 Å². The first-order valence-electron chi connectivity index (χ1n) is 4.93. The summed E-state index contributed by atoms with van der Waals surface area (Å²) in [7, 11) is 0. The van der Waals surface area contributed by atoms with E-state index in [2.05, 4.69) is 5.32 Å². The van der Waals surface area contributed by atoms with Crippen molar-refractivity contribution in [3.05, 3.63) is 24.3 Å². The highest BCUT2D eigenvalue weighted by atomic mass is 16.2. The normalized spacial score (nSPS) is 26.0. The fourth-order valence-corrected chi connectivity index (χ4v) is 1.73. The van der Waals surface area contributed by atoms with E-state index in [1.54, 1.807) is 0 Å². The highest BCUT2D eigenvalue weighted by Gasteiger charge is 2.29. The molecule has 0 heterocycles. The van der Waals surface area contributed by atoms with Gasteiger partial charge in [-0.25, -0.2) is 0 Å². The molecule has 0 aromatic carbocycles. The quantitative estimate of drug-likeness (QED) is 0.702. The molecular weight excluding hydrogens is 192 g/mol. The van der Waals surface area contributed by atoms with Gasteiger partial charge in [0, 0.05) is 12.8 Å². The van der Waals surface area contributed by atoms with E-state index >= 15 is 0 Å². The standard InChI is InChI=1S/C11H16N2O2/c1-7-5-3-4-6-9(7)10(11(12)15)13-8(2)14/h3-7,9-10H,1-2H3,(H2,12,15)(H,13,14). The molecular formula is C11H16N2O2. The van der Waals surface area contributed by atoms with Gasteiger partial charge in [-0.05, 0) is 5.92 Å². The predicted molar refractivity (Wildman–Crippen MR) is 57.7 cm³/mol. The molecule has 4 nitrogen and oxygen atoms in total. The molecule has 0 aromatic heterocycles. The molecule has 1 rings (SSSR count). The lowest BCUT2D eigenvalue weighted by molar-refractivity contribution is -0.127. The molecule has 0 spiro atoms. The molecule has 2 amide bonds. The summed E-state index contributed by atoms with van der Waals surface area (Å²) >= 11 is 0. The van der Waals surface area contributed by atoms with Crippen LogP contribution in [-0.4, -0.2) is 17.9 Å². The molecule has 1 aliphatic carbocycles. The van der Waals surface area contributed by atoms with Crippen molar-refractivity contribution in [2.75, 3.05) is 0 Å². The Morgan fingerprint density at radius 1 is 1.33 bits per heavy atom. The third-order valence-electron chi connectivity index (χ3n) is 2.52. The van der Waals surface area contributed by atoms with Crippen LogP contribution in [0.2, 0.25) is 0 Å². The van der Waals surface area contributed by atoms with E-state index in [9.17, 15) is 9.59 Å². The van der Waals surface area contributed by atoms with Crippen LogP contribution in [0.1, 0.15) is 13.8 Å². The summed E-state index contributed by atoms with van der Waals surface area (Å²) in [6.07, 6.45) is 7.67. The Balaban J connectivity index is 2.79. The Bertz CT molecular complexity index is 321. The number of rotatable bonds is 3. The van der Waals surface area contributed by atoms with E-state index < -0.39 is 11.9 Å². The largest absolute Gasteiger partial charge is 0.368 e. The van der Waals surface area contributed by atoms with Crippen molar-refractivity contribution in [1.29, 1.82) is 0 Å². The first-order valence-corrected chi connectivity index (χ1v) is 4.93. The third kappa shape index (κ3) is 2.94. The maximum Gasteiger partial charge on any atom is 0.240 e. The van der Waals surface area contributed by atoms with E-state index in [4.69, 9.17) is 5.73 Å². The fourth-order valence-electron chi connectivity index (χ4n) is 1.73. The number of allylic oxidation sites excluding steroid dienone is 3. The van der Waals surface area contributed by atoms with Gasteiger partial charge in [-0.2, -0.15) is 0 Å². The molecule has 0 aromatic rings. The molecule has 3 atom stereocenters. The molecule has 0 radical (unpaired) electrons. The van der Waals surface area contributed by atoms with Gasteiger partial charge in [-0.3, -0.25) is 9.59 Å². The van der Waals surface area contributed by atoms with Crippen LogP contribution in [0.5, 0.6) is 0 Å². The number of carbonyl (C=O) groups excluding carboxylic acids is 2. The second-order valence-electron chi connectivity index (χ2n) is 3.79. The summed E-state index contributed by atoms with van der Waals surface area (Å²) in [5.74, 6) is -0.605. The van der Waals surface area contributed by atoms with Crippen LogP contribution in [0.25, 0.3) is 0 Å². The molecule has 0 aliphatic heterocycles. The third-order valence-corrected chi connectivity index (χ3v) is 2.52. The molecule has 4 heteroatoms. The maximum absolute atomic E-state index is 11.2. The van der Waals surface area contributed by atoms with E-state index in [0.717, 1.165) is 0 Å². The predicted octanol–water partition coefficient (Wildman–Crippen LogP) is 0.355. The number of nitrogens with two attached hydrogens (primary N) is 1. The van der Waals surface area contributed by atoms with Crippen LogP contribution >= 0.6 is 0 Å². The van der Waals surface area contributed by atoms with E-state index in [-0.39, 0.29) is 17.7 Å². The van der Waals surface area contributed by atoms with Crippen molar-refractivity contribution in [2.24, 2.45) is 17.6 Å². The van der Waals surface area contributed by atoms with E-state index in [0.29, 0.717) is 0 Å². The van der Waals surface area contributed by atoms with Crippen molar-refractivity contribution in [2.45, 2.75) is 19.9 Å². The minimum Gasteiger partial charge on any atom is -0.368 e. The van der Waals surface area contributed by atoms with Crippen molar-refractivity contribution in [3.63, 3.8) is 0 Å². The average molecular weight is 208 g/mol. The van der Waals surface area contributed by atoms with Gasteiger partial charge in [-0.15, -0.1) is 0 Å². The topological polar surface area (TPSA) is 72.2 Å². The second kappa shape index (κ2) is 4.77. The Kier molecular flexibility index (Phi) is 3.66. The number of hydrogen-bond acceptors (Lipinski definition) is 2. The zero-order valence-electron chi connectivity index (χ0n) is 8.94. The highest BCUT2D eigenvalue weighted by molar-refractivity contribution is 5.86. The summed E-state index contributed by atoms with van der Waals surface area (Å²) in [6, 6.07) is -0.626. The lowest BCUT2D eigenvalue weighted by Gasteiger charge is -2.27. The minimum absolute atomic E-state index is 0.0589. The van der Waals surface area contributed by atoms with Crippen molar-refractivity contribution >= 4 is 11.8 Å². The molecule has 1 aliphatic rings. The Hall–Kier alpha value is -1.58. The van der Waals surface area contributed by atoms with Gasteiger partial charge in [0.1, 0.15) is 6.04 Å². The monoisotopic (exact) mass is 208 g/mol. The van der Waals surface area contributed by atoms with Gasteiger partial charge < -0.3 is 11.1 Å². The van der Waals surface area contributed by atoms with E-state index in [1.165, 1.54) is 6.92 Å². The minimum atomic E-state index is -0.626. The van der Waals surface area contributed by atoms with Crippen LogP contribution in [0.4, 0.5) is 0 Å². The molecule has 82 valence electrons. The van der Waals surface area contributed by atoms with Gasteiger partial charge in [-0.1, -0.05) is 31.2 Å². The molecule has 0 saturated carbocycles. The highest BCUT2D eigenvalue weighted by Crippen LogP contribution is 2.22. The van der Waals surface area contributed by atoms with Crippen molar-refractivity contribution < 1.29 is 9.59 Å². The van der Waals surface area contributed by atoms with E-state index in [1.807, 2.05) is 31.2 Å². The lowest BCUT2D eigenvalue weighted by Crippen LogP contribution is -2.49. The number of carbonyl (C=O) groups is 2. The molecule has 3 N–H and O–H groups in total. The van der Waals surface area contributed by atoms with Crippen LogP contribution in [0.3, 0.4) is 0 Å². The molecule has 0 fully saturated rings. The fraction of sp³-hybridized carbons (Fsp3) is 0.455. The Morgan fingerprint density at radius 3 is 2.40 bits per heavy atom. The second-order valence-corrected chi connectivity index (χ2v) is 3.79. The summed E-state index contributed by atoms with van der Waals surface area (Å²) in [5, 5.41) is 2.58. The molecule has 0 bridgehead atoms. The number of primary amides is 1. The SMILES string of the molecule is CC(=O)NC(C(N)=O)C1C=CC=CC1C. The first-order chi connectivity index (χ1) is 7.02. The van der Waals surface area contributed by atoms with Gasteiger partial charge >= 0.3 is 0 Å². The van der Waals surface area contributed by atoms with Crippen molar-refractivity contribution in [1.82, 2.24) is 5.32 Å². The van der Waals surface area contributed by atoms with Crippen LogP contribution in [-0.2, 0) is 9.59 Å². The van der Waals surface area contributed by atoms with Crippen LogP contribution < -0.4 is 11.1 Å². The van der Waals surface area contributed by atoms with Crippen LogP contribution in [0, 0.1) is 11.8 Å². The first kappa shape index (κ1) is 11.5. The van der Waals surface area contributed by atoms with Gasteiger partial charge in [0.2, 0.25) is 11.8 Å². The summed E-state index contributed by atoms with van der Waals surface area (Å²) in [6.45, 7) is 3.37. The lowest BCUT2D eigenvalue weighted by atomic mass is 9.83. The summed E-state index contributed by atoms with van der Waals surface area (Å²) in [5.41, 5.74) is 5.27. The number of nitrogens with one attached hydrogen (secondary N) is 1. The smallest absolute Gasteiger partial charge is 0.240 e. The van der Waals surface area contributed by atoms with Crippen LogP contribution in [0.15, 0.2) is 24.3 Å². The maximum atomic E-state index is 11.2. The molecule has 15 heavy (non-hydrogen) atoms. The average Bonchev–Trinajstić information content (AvgIpc) is 2.15. The number of amides is 2. The zero-order valence-corrected chi connectivity index (χ0v) is 8.94. The Labute approximate surface area is 89.2 Å².